The van der Waals surface area contributed by atoms with Crippen LogP contribution in [0.3, 0.4) is 0 Å². The number of anilines is 1. The second kappa shape index (κ2) is 9.41. The number of piperazine rings is 1. The third-order valence-electron chi connectivity index (χ3n) is 4.98. The highest BCUT2D eigenvalue weighted by Gasteiger charge is 2.28. The molecule has 1 atom stereocenters. The van der Waals surface area contributed by atoms with Gasteiger partial charge in [-0.05, 0) is 25.1 Å². The molecule has 0 aliphatic carbocycles. The number of benzene rings is 1. The monoisotopic (exact) mass is 432 g/mol. The Bertz CT molecular complexity index is 797. The maximum Gasteiger partial charge on any atom is 0.256 e. The maximum absolute atomic E-state index is 13.3. The summed E-state index contributed by atoms with van der Waals surface area (Å²) in [6.07, 6.45) is 0. The summed E-state index contributed by atoms with van der Waals surface area (Å²) >= 11 is 0. The van der Waals surface area contributed by atoms with Gasteiger partial charge in [-0.1, -0.05) is 0 Å². The van der Waals surface area contributed by atoms with Crippen molar-refractivity contribution in [2.24, 2.45) is 0 Å². The van der Waals surface area contributed by atoms with Crippen molar-refractivity contribution in [2.45, 2.75) is 17.9 Å². The van der Waals surface area contributed by atoms with Crippen LogP contribution in [0.4, 0.5) is 5.69 Å². The molecule has 1 amide bonds. The SMILES string of the molecule is CC1CN(C(=O)c2cc(S(=O)(=O)N(C)C)ccc2N2CCOCC2)CCN1.Cl. The van der Waals surface area contributed by atoms with Gasteiger partial charge in [0.2, 0.25) is 10.0 Å². The summed E-state index contributed by atoms with van der Waals surface area (Å²) in [7, 11) is -0.633. The summed E-state index contributed by atoms with van der Waals surface area (Å²) in [5.41, 5.74) is 1.21. The zero-order valence-electron chi connectivity index (χ0n) is 16.6. The summed E-state index contributed by atoms with van der Waals surface area (Å²) in [6, 6.07) is 5.07. The molecule has 10 heteroatoms. The Labute approximate surface area is 173 Å². The maximum atomic E-state index is 13.3. The lowest BCUT2D eigenvalue weighted by Crippen LogP contribution is -2.51. The molecule has 1 N–H and O–H groups in total. The summed E-state index contributed by atoms with van der Waals surface area (Å²) in [5.74, 6) is -0.124. The summed E-state index contributed by atoms with van der Waals surface area (Å²) in [5, 5.41) is 3.32. The van der Waals surface area contributed by atoms with Crippen LogP contribution in [0.1, 0.15) is 17.3 Å². The van der Waals surface area contributed by atoms with Crippen LogP contribution < -0.4 is 10.2 Å². The average molecular weight is 433 g/mol. The first kappa shape index (κ1) is 22.9. The molecule has 1 aromatic carbocycles. The predicted octanol–water partition coefficient (Wildman–Crippen LogP) is 0.629. The Morgan fingerprint density at radius 1 is 1.21 bits per heavy atom. The van der Waals surface area contributed by atoms with Gasteiger partial charge in [0.1, 0.15) is 0 Å². The number of rotatable bonds is 4. The van der Waals surface area contributed by atoms with Crippen LogP contribution >= 0.6 is 12.4 Å². The van der Waals surface area contributed by atoms with Crippen LogP contribution in [0.5, 0.6) is 0 Å². The molecule has 158 valence electrons. The van der Waals surface area contributed by atoms with Gasteiger partial charge in [0.05, 0.1) is 23.7 Å². The number of hydrogen-bond donors (Lipinski definition) is 1. The first-order chi connectivity index (χ1) is 12.8. The number of hydrogen-bond acceptors (Lipinski definition) is 6. The number of morpholine rings is 1. The van der Waals surface area contributed by atoms with Crippen molar-refractivity contribution in [3.05, 3.63) is 23.8 Å². The molecule has 2 aliphatic rings. The van der Waals surface area contributed by atoms with Crippen molar-refractivity contribution < 1.29 is 17.9 Å². The van der Waals surface area contributed by atoms with E-state index in [1.165, 1.54) is 20.2 Å². The van der Waals surface area contributed by atoms with Gasteiger partial charge in [-0.15, -0.1) is 12.4 Å². The Morgan fingerprint density at radius 2 is 1.89 bits per heavy atom. The van der Waals surface area contributed by atoms with Crippen molar-refractivity contribution in [2.75, 3.05) is 64.9 Å². The molecule has 0 radical (unpaired) electrons. The van der Waals surface area contributed by atoms with Gasteiger partial charge in [0, 0.05) is 58.5 Å². The van der Waals surface area contributed by atoms with Crippen molar-refractivity contribution in [3.8, 4) is 0 Å². The highest BCUT2D eigenvalue weighted by molar-refractivity contribution is 7.89. The normalized spacial score (nSPS) is 20.8. The summed E-state index contributed by atoms with van der Waals surface area (Å²) in [6.45, 7) is 6.52. The van der Waals surface area contributed by atoms with Gasteiger partial charge in [-0.2, -0.15) is 0 Å². The second-order valence-corrected chi connectivity index (χ2v) is 9.32. The molecule has 8 nitrogen and oxygen atoms in total. The fraction of sp³-hybridized carbons (Fsp3) is 0.611. The Balaban J connectivity index is 0.00000280. The van der Waals surface area contributed by atoms with E-state index in [4.69, 9.17) is 4.74 Å². The number of carbonyl (C=O) groups is 1. The fourth-order valence-electron chi connectivity index (χ4n) is 3.42. The molecule has 0 spiro atoms. The quantitative estimate of drug-likeness (QED) is 0.751. The van der Waals surface area contributed by atoms with E-state index in [2.05, 4.69) is 10.2 Å². The van der Waals surface area contributed by atoms with E-state index in [-0.39, 0.29) is 29.3 Å². The minimum absolute atomic E-state index is 0. The number of sulfonamides is 1. The molecular weight excluding hydrogens is 404 g/mol. The van der Waals surface area contributed by atoms with E-state index in [1.54, 1.807) is 17.0 Å². The van der Waals surface area contributed by atoms with Crippen LogP contribution in [0.2, 0.25) is 0 Å². The average Bonchev–Trinajstić information content (AvgIpc) is 2.67. The van der Waals surface area contributed by atoms with Crippen LogP contribution in [-0.4, -0.2) is 89.6 Å². The minimum Gasteiger partial charge on any atom is -0.378 e. The minimum atomic E-state index is -3.61. The predicted molar refractivity (Wildman–Crippen MR) is 111 cm³/mol. The van der Waals surface area contributed by atoms with E-state index in [9.17, 15) is 13.2 Å². The molecular formula is C18H29ClN4O4S. The molecule has 2 fully saturated rings. The first-order valence-electron chi connectivity index (χ1n) is 9.22. The first-order valence-corrected chi connectivity index (χ1v) is 10.7. The highest BCUT2D eigenvalue weighted by Crippen LogP contribution is 2.27. The molecule has 2 aliphatic heterocycles. The van der Waals surface area contributed by atoms with Gasteiger partial charge < -0.3 is 19.9 Å². The molecule has 3 rings (SSSR count). The van der Waals surface area contributed by atoms with Gasteiger partial charge in [0.25, 0.3) is 5.91 Å². The van der Waals surface area contributed by atoms with Crippen molar-refractivity contribution in [1.82, 2.24) is 14.5 Å². The largest absolute Gasteiger partial charge is 0.378 e. The molecule has 1 aromatic rings. The Morgan fingerprint density at radius 3 is 2.50 bits per heavy atom. The van der Waals surface area contributed by atoms with E-state index in [0.717, 1.165) is 16.5 Å². The Hall–Kier alpha value is -1.39. The number of nitrogens with zero attached hydrogens (tertiary/aromatic N) is 3. The lowest BCUT2D eigenvalue weighted by Gasteiger charge is -2.35. The van der Waals surface area contributed by atoms with E-state index >= 15 is 0 Å². The van der Waals surface area contributed by atoms with E-state index < -0.39 is 10.0 Å². The van der Waals surface area contributed by atoms with Gasteiger partial charge in [-0.3, -0.25) is 4.79 Å². The molecule has 2 heterocycles. The van der Waals surface area contributed by atoms with Crippen molar-refractivity contribution >= 4 is 34.0 Å². The summed E-state index contributed by atoms with van der Waals surface area (Å²) < 4.78 is 31.7. The van der Waals surface area contributed by atoms with Crippen molar-refractivity contribution in [3.63, 3.8) is 0 Å². The molecule has 1 unspecified atom stereocenters. The van der Waals surface area contributed by atoms with E-state index in [1.807, 2.05) is 6.92 Å². The smallest absolute Gasteiger partial charge is 0.256 e. The lowest BCUT2D eigenvalue weighted by molar-refractivity contribution is 0.0708. The molecule has 0 aromatic heterocycles. The number of ether oxygens (including phenoxy) is 1. The van der Waals surface area contributed by atoms with Crippen LogP contribution in [-0.2, 0) is 14.8 Å². The van der Waals surface area contributed by atoms with Crippen molar-refractivity contribution in [1.29, 1.82) is 0 Å². The number of carbonyl (C=O) groups excluding carboxylic acids is 1. The molecule has 0 saturated carbocycles. The molecule has 0 bridgehead atoms. The van der Waals surface area contributed by atoms with Gasteiger partial charge >= 0.3 is 0 Å². The van der Waals surface area contributed by atoms with Crippen LogP contribution in [0, 0.1) is 0 Å². The zero-order chi connectivity index (χ0) is 19.6. The third kappa shape index (κ3) is 4.77. The lowest BCUT2D eigenvalue weighted by atomic mass is 10.1. The number of halogens is 1. The summed E-state index contributed by atoms with van der Waals surface area (Å²) in [4.78, 5) is 17.3. The van der Waals surface area contributed by atoms with E-state index in [0.29, 0.717) is 45.0 Å². The van der Waals surface area contributed by atoms with Gasteiger partial charge in [0.15, 0.2) is 0 Å². The molecule has 28 heavy (non-hydrogen) atoms. The standard InChI is InChI=1S/C18H28N4O4S.ClH/c1-14-13-22(7-6-19-14)18(23)16-12-15(27(24,25)20(2)3)4-5-17(16)21-8-10-26-11-9-21;/h4-5,12,14,19H,6-11,13H2,1-3H3;1H. The third-order valence-corrected chi connectivity index (χ3v) is 6.80. The second-order valence-electron chi connectivity index (χ2n) is 7.17. The topological polar surface area (TPSA) is 82.2 Å². The van der Waals surface area contributed by atoms with Crippen LogP contribution in [0.25, 0.3) is 0 Å². The Kier molecular flexibility index (Phi) is 7.69. The van der Waals surface area contributed by atoms with Gasteiger partial charge in [-0.25, -0.2) is 12.7 Å². The molecule has 2 saturated heterocycles. The zero-order valence-corrected chi connectivity index (χ0v) is 18.2. The highest BCUT2D eigenvalue weighted by atomic mass is 35.5. The number of amides is 1. The van der Waals surface area contributed by atoms with Crippen LogP contribution in [0.15, 0.2) is 23.1 Å². The fourth-order valence-corrected chi connectivity index (χ4v) is 4.35. The number of nitrogens with one attached hydrogen (secondary N) is 1.